The van der Waals surface area contributed by atoms with Crippen molar-refractivity contribution in [2.24, 2.45) is 0 Å². The van der Waals surface area contributed by atoms with E-state index in [-0.39, 0.29) is 17.4 Å². The van der Waals surface area contributed by atoms with Crippen LogP contribution in [0.3, 0.4) is 0 Å². The Bertz CT molecular complexity index is 1670. The summed E-state index contributed by atoms with van der Waals surface area (Å²) < 4.78 is 11.1. The second kappa shape index (κ2) is 14.3. The summed E-state index contributed by atoms with van der Waals surface area (Å²) >= 11 is 1.33. The van der Waals surface area contributed by atoms with E-state index in [9.17, 15) is 14.4 Å². The fourth-order valence-electron chi connectivity index (χ4n) is 4.31. The quantitative estimate of drug-likeness (QED) is 0.157. The first-order chi connectivity index (χ1) is 21.3. The van der Waals surface area contributed by atoms with Gasteiger partial charge in [0.25, 0.3) is 11.8 Å². The maximum absolute atomic E-state index is 13.4. The lowest BCUT2D eigenvalue weighted by Gasteiger charge is -2.19. The van der Waals surface area contributed by atoms with Crippen molar-refractivity contribution in [2.45, 2.75) is 4.90 Å². The van der Waals surface area contributed by atoms with Gasteiger partial charge in [-0.3, -0.25) is 14.4 Å². The Hall–Kier alpha value is -5.22. The summed E-state index contributed by atoms with van der Waals surface area (Å²) in [5.74, 6) is 0.351. The molecule has 0 radical (unpaired) electrons. The van der Waals surface area contributed by atoms with Gasteiger partial charge in [-0.25, -0.2) is 0 Å². The Morgan fingerprint density at radius 2 is 1.52 bits per heavy atom. The zero-order chi connectivity index (χ0) is 30.9. The van der Waals surface area contributed by atoms with Crippen molar-refractivity contribution < 1.29 is 23.9 Å². The number of nitrogens with one attached hydrogen (secondary N) is 3. The predicted octanol–water partition coefficient (Wildman–Crippen LogP) is 5.66. The molecule has 44 heavy (non-hydrogen) atoms. The second-order valence-electron chi connectivity index (χ2n) is 10.0. The van der Waals surface area contributed by atoms with Gasteiger partial charge in [0.05, 0.1) is 5.75 Å². The molecule has 0 spiro atoms. The van der Waals surface area contributed by atoms with Crippen LogP contribution in [0.25, 0.3) is 6.08 Å². The van der Waals surface area contributed by atoms with Crippen LogP contribution in [0.15, 0.2) is 108 Å². The smallest absolute Gasteiger partial charge is 0.272 e. The van der Waals surface area contributed by atoms with Gasteiger partial charge in [0, 0.05) is 47.7 Å². The molecule has 3 N–H and O–H groups in total. The standard InChI is InChI=1S/C34H32N4O5S/c1-38(2)27-14-11-23(12-15-27)19-29(37-33(40)24-7-4-3-5-8-24)34(41)36-25-9-6-10-28(20-25)44-22-32(39)35-26-13-16-30-31(21-26)43-18-17-42-30/h3-16,19-21H,17-18,22H2,1-2H3,(H,35,39)(H,36,41)(H,37,40)/b29-19+. The Kier molecular flexibility index (Phi) is 9.83. The summed E-state index contributed by atoms with van der Waals surface area (Å²) in [6.45, 7) is 0.966. The van der Waals surface area contributed by atoms with Crippen LogP contribution in [0.5, 0.6) is 11.5 Å². The van der Waals surface area contributed by atoms with Gasteiger partial charge in [-0.1, -0.05) is 36.4 Å². The van der Waals surface area contributed by atoms with Crippen LogP contribution >= 0.6 is 11.8 Å². The van der Waals surface area contributed by atoms with E-state index in [1.54, 1.807) is 66.7 Å². The topological polar surface area (TPSA) is 109 Å². The summed E-state index contributed by atoms with van der Waals surface area (Å²) in [5.41, 5.74) is 3.43. The third-order valence-corrected chi connectivity index (χ3v) is 7.53. The molecule has 9 nitrogen and oxygen atoms in total. The van der Waals surface area contributed by atoms with E-state index in [1.807, 2.05) is 55.4 Å². The zero-order valence-electron chi connectivity index (χ0n) is 24.3. The Morgan fingerprint density at radius 1 is 0.795 bits per heavy atom. The molecule has 224 valence electrons. The van der Waals surface area contributed by atoms with Gasteiger partial charge in [-0.05, 0) is 66.2 Å². The lowest BCUT2D eigenvalue weighted by Crippen LogP contribution is -2.30. The molecule has 0 saturated carbocycles. The summed E-state index contributed by atoms with van der Waals surface area (Å²) in [4.78, 5) is 41.8. The van der Waals surface area contributed by atoms with Gasteiger partial charge < -0.3 is 30.3 Å². The first-order valence-electron chi connectivity index (χ1n) is 13.9. The number of benzene rings is 4. The molecule has 0 fully saturated rings. The van der Waals surface area contributed by atoms with Crippen molar-refractivity contribution in [2.75, 3.05) is 48.6 Å². The maximum Gasteiger partial charge on any atom is 0.272 e. The number of carbonyl (C=O) groups excluding carboxylic acids is 3. The molecule has 5 rings (SSSR count). The van der Waals surface area contributed by atoms with Crippen LogP contribution < -0.4 is 30.3 Å². The van der Waals surface area contributed by atoms with E-state index in [4.69, 9.17) is 9.47 Å². The molecular weight excluding hydrogens is 576 g/mol. The number of nitrogens with zero attached hydrogens (tertiary/aromatic N) is 1. The summed E-state index contributed by atoms with van der Waals surface area (Å²) in [5, 5.41) is 8.51. The fraction of sp³-hybridized carbons (Fsp3) is 0.147. The third-order valence-electron chi connectivity index (χ3n) is 6.54. The molecule has 4 aromatic carbocycles. The number of fused-ring (bicyclic) bond motifs is 1. The SMILES string of the molecule is CN(C)c1ccc(/C=C(/NC(=O)c2ccccc2)C(=O)Nc2cccc(SCC(=O)Nc3ccc4c(c3)OCCO4)c2)cc1. The van der Waals surface area contributed by atoms with Crippen molar-refractivity contribution in [3.63, 3.8) is 0 Å². The number of carbonyl (C=O) groups is 3. The highest BCUT2D eigenvalue weighted by molar-refractivity contribution is 8.00. The van der Waals surface area contributed by atoms with Crippen molar-refractivity contribution in [1.29, 1.82) is 0 Å². The van der Waals surface area contributed by atoms with Gasteiger partial charge in [-0.2, -0.15) is 0 Å². The van der Waals surface area contributed by atoms with Gasteiger partial charge in [0.1, 0.15) is 18.9 Å². The summed E-state index contributed by atoms with van der Waals surface area (Å²) in [6, 6.07) is 28.8. The number of rotatable bonds is 10. The Morgan fingerprint density at radius 3 is 2.27 bits per heavy atom. The van der Waals surface area contributed by atoms with Crippen molar-refractivity contribution in [1.82, 2.24) is 5.32 Å². The fourth-order valence-corrected chi connectivity index (χ4v) is 5.06. The van der Waals surface area contributed by atoms with E-state index in [2.05, 4.69) is 16.0 Å². The van der Waals surface area contributed by atoms with Gasteiger partial charge in [0.2, 0.25) is 5.91 Å². The van der Waals surface area contributed by atoms with Crippen LogP contribution in [0.2, 0.25) is 0 Å². The predicted molar refractivity (Wildman–Crippen MR) is 175 cm³/mol. The van der Waals surface area contributed by atoms with E-state index >= 15 is 0 Å². The minimum atomic E-state index is -0.482. The molecule has 0 atom stereocenters. The Labute approximate surface area is 260 Å². The molecule has 0 aliphatic carbocycles. The van der Waals surface area contributed by atoms with E-state index in [0.717, 1.165) is 16.1 Å². The first kappa shape index (κ1) is 30.2. The highest BCUT2D eigenvalue weighted by Gasteiger charge is 2.16. The van der Waals surface area contributed by atoms with E-state index < -0.39 is 11.8 Å². The largest absolute Gasteiger partial charge is 0.486 e. The molecule has 10 heteroatoms. The minimum absolute atomic E-state index is 0.0910. The number of amides is 3. The van der Waals surface area contributed by atoms with Crippen LogP contribution in [-0.2, 0) is 9.59 Å². The molecule has 0 unspecified atom stereocenters. The summed E-state index contributed by atoms with van der Waals surface area (Å²) in [6.07, 6.45) is 1.64. The third kappa shape index (κ3) is 8.20. The monoisotopic (exact) mass is 608 g/mol. The van der Waals surface area contributed by atoms with Gasteiger partial charge in [-0.15, -0.1) is 11.8 Å². The first-order valence-corrected chi connectivity index (χ1v) is 14.9. The molecule has 0 aromatic heterocycles. The van der Waals surface area contributed by atoms with Crippen molar-refractivity contribution in [3.8, 4) is 11.5 Å². The molecule has 0 saturated heterocycles. The zero-order valence-corrected chi connectivity index (χ0v) is 25.1. The highest BCUT2D eigenvalue weighted by Crippen LogP contribution is 2.32. The van der Waals surface area contributed by atoms with Crippen molar-refractivity contribution >= 4 is 52.6 Å². The summed E-state index contributed by atoms with van der Waals surface area (Å²) in [7, 11) is 3.89. The number of thioether (sulfide) groups is 1. The molecule has 0 bridgehead atoms. The number of anilines is 3. The second-order valence-corrected chi connectivity index (χ2v) is 11.1. The van der Waals surface area contributed by atoms with E-state index in [1.165, 1.54) is 11.8 Å². The average Bonchev–Trinajstić information content (AvgIpc) is 3.04. The lowest BCUT2D eigenvalue weighted by atomic mass is 10.1. The van der Waals surface area contributed by atoms with Crippen LogP contribution in [0.1, 0.15) is 15.9 Å². The number of ether oxygens (including phenoxy) is 2. The van der Waals surface area contributed by atoms with E-state index in [0.29, 0.717) is 41.7 Å². The highest BCUT2D eigenvalue weighted by atomic mass is 32.2. The van der Waals surface area contributed by atoms with Crippen LogP contribution in [0, 0.1) is 0 Å². The number of hydrogen-bond donors (Lipinski definition) is 3. The van der Waals surface area contributed by atoms with Gasteiger partial charge >= 0.3 is 0 Å². The molecule has 3 amide bonds. The molecular formula is C34H32N4O5S. The average molecular weight is 609 g/mol. The molecule has 1 heterocycles. The Balaban J connectivity index is 1.25. The lowest BCUT2D eigenvalue weighted by molar-refractivity contribution is -0.114. The van der Waals surface area contributed by atoms with Crippen molar-refractivity contribution in [3.05, 3.63) is 114 Å². The molecule has 1 aliphatic heterocycles. The maximum atomic E-state index is 13.4. The minimum Gasteiger partial charge on any atom is -0.486 e. The molecule has 1 aliphatic rings. The van der Waals surface area contributed by atoms with Crippen LogP contribution in [-0.4, -0.2) is 50.8 Å². The number of hydrogen-bond acceptors (Lipinski definition) is 7. The van der Waals surface area contributed by atoms with Gasteiger partial charge in [0.15, 0.2) is 11.5 Å². The van der Waals surface area contributed by atoms with Crippen LogP contribution in [0.4, 0.5) is 17.1 Å². The molecule has 4 aromatic rings. The normalized spacial score (nSPS) is 12.2.